The number of likely N-dealkylation sites (tertiary alicyclic amines) is 1. The van der Waals surface area contributed by atoms with Gasteiger partial charge in [0, 0.05) is 39.6 Å². The maximum atomic E-state index is 11.6. The van der Waals surface area contributed by atoms with Gasteiger partial charge in [0.15, 0.2) is 5.96 Å². The average Bonchev–Trinajstić information content (AvgIpc) is 3.09. The van der Waals surface area contributed by atoms with E-state index in [0.717, 1.165) is 45.0 Å². The van der Waals surface area contributed by atoms with Gasteiger partial charge in [-0.15, -0.1) is 24.0 Å². The van der Waals surface area contributed by atoms with E-state index < -0.39 is 0 Å². The smallest absolute Gasteiger partial charge is 0.220 e. The van der Waals surface area contributed by atoms with Gasteiger partial charge in [0.2, 0.25) is 5.91 Å². The topological polar surface area (TPSA) is 56.7 Å². The zero-order valence-electron chi connectivity index (χ0n) is 16.3. The third-order valence-electron chi connectivity index (χ3n) is 5.98. The summed E-state index contributed by atoms with van der Waals surface area (Å²) in [5, 5.41) is 6.22. The van der Waals surface area contributed by atoms with Gasteiger partial charge in [-0.25, -0.2) is 0 Å². The van der Waals surface area contributed by atoms with E-state index in [2.05, 4.69) is 29.4 Å². The number of carbonyl (C=O) groups excluding carboxylic acids is 1. The Morgan fingerprint density at radius 2 is 1.84 bits per heavy atom. The second kappa shape index (κ2) is 11.2. The lowest BCUT2D eigenvalue weighted by Crippen LogP contribution is -2.46. The van der Waals surface area contributed by atoms with E-state index in [0.29, 0.717) is 17.8 Å². The van der Waals surface area contributed by atoms with Crippen LogP contribution in [-0.4, -0.2) is 50.0 Å². The summed E-state index contributed by atoms with van der Waals surface area (Å²) in [4.78, 5) is 19.0. The van der Waals surface area contributed by atoms with Crippen LogP contribution in [0.15, 0.2) is 4.99 Å². The molecule has 2 rings (SSSR count). The number of piperidine rings is 1. The molecule has 0 bridgehead atoms. The number of hydrogen-bond acceptors (Lipinski definition) is 2. The minimum atomic E-state index is 0. The van der Waals surface area contributed by atoms with E-state index in [1.807, 2.05) is 0 Å². The molecular formula is C19H37IN4O. The number of guanidine groups is 1. The largest absolute Gasteiger partial charge is 0.359 e. The molecule has 25 heavy (non-hydrogen) atoms. The maximum Gasteiger partial charge on any atom is 0.220 e. The van der Waals surface area contributed by atoms with Crippen molar-refractivity contribution >= 4 is 35.8 Å². The SMILES string of the molecule is CCNC(=NCC1(CC)CCCC1)N1CCC(CC(=O)NC)CC1.I. The second-order valence-electron chi connectivity index (χ2n) is 7.54. The van der Waals surface area contributed by atoms with Crippen molar-refractivity contribution in [2.45, 2.75) is 65.2 Å². The molecule has 0 aromatic heterocycles. The number of carbonyl (C=O) groups is 1. The molecule has 1 aliphatic carbocycles. The summed E-state index contributed by atoms with van der Waals surface area (Å²) in [6, 6.07) is 0. The fourth-order valence-corrected chi connectivity index (χ4v) is 4.13. The molecule has 1 aliphatic heterocycles. The summed E-state index contributed by atoms with van der Waals surface area (Å²) >= 11 is 0. The predicted octanol–water partition coefficient (Wildman–Crippen LogP) is 3.39. The number of halogens is 1. The van der Waals surface area contributed by atoms with Gasteiger partial charge < -0.3 is 15.5 Å². The number of nitrogens with zero attached hydrogens (tertiary/aromatic N) is 2. The van der Waals surface area contributed by atoms with Crippen LogP contribution in [0.1, 0.15) is 65.2 Å². The molecule has 1 saturated heterocycles. The summed E-state index contributed by atoms with van der Waals surface area (Å²) in [6.07, 6.45) is 9.46. The van der Waals surface area contributed by atoms with Crippen molar-refractivity contribution in [1.29, 1.82) is 0 Å². The fraction of sp³-hybridized carbons (Fsp3) is 0.895. The van der Waals surface area contributed by atoms with Crippen LogP contribution in [0.5, 0.6) is 0 Å². The molecule has 2 aliphatic rings. The third kappa shape index (κ3) is 6.61. The molecule has 2 N–H and O–H groups in total. The van der Waals surface area contributed by atoms with Crippen molar-refractivity contribution in [3.63, 3.8) is 0 Å². The number of nitrogens with one attached hydrogen (secondary N) is 2. The second-order valence-corrected chi connectivity index (χ2v) is 7.54. The molecule has 0 radical (unpaired) electrons. The van der Waals surface area contributed by atoms with Crippen LogP contribution in [0.2, 0.25) is 0 Å². The van der Waals surface area contributed by atoms with Crippen molar-refractivity contribution < 1.29 is 4.79 Å². The average molecular weight is 464 g/mol. The van der Waals surface area contributed by atoms with Gasteiger partial charge in [-0.05, 0) is 50.4 Å². The number of amides is 1. The van der Waals surface area contributed by atoms with E-state index in [9.17, 15) is 4.79 Å². The van der Waals surface area contributed by atoms with Crippen molar-refractivity contribution in [3.05, 3.63) is 0 Å². The van der Waals surface area contributed by atoms with Crippen LogP contribution in [0.4, 0.5) is 0 Å². The quantitative estimate of drug-likeness (QED) is 0.360. The Kier molecular flexibility index (Phi) is 10.1. The predicted molar refractivity (Wildman–Crippen MR) is 116 cm³/mol. The van der Waals surface area contributed by atoms with E-state index in [1.54, 1.807) is 7.05 Å². The molecule has 5 nitrogen and oxygen atoms in total. The third-order valence-corrected chi connectivity index (χ3v) is 5.98. The number of hydrogen-bond donors (Lipinski definition) is 2. The molecule has 1 saturated carbocycles. The first-order valence-corrected chi connectivity index (χ1v) is 9.86. The summed E-state index contributed by atoms with van der Waals surface area (Å²) in [5.74, 6) is 1.76. The zero-order valence-corrected chi connectivity index (χ0v) is 18.6. The minimum absolute atomic E-state index is 0. The summed E-state index contributed by atoms with van der Waals surface area (Å²) < 4.78 is 0. The first-order valence-electron chi connectivity index (χ1n) is 9.86. The van der Waals surface area contributed by atoms with Gasteiger partial charge in [0.1, 0.15) is 0 Å². The van der Waals surface area contributed by atoms with E-state index >= 15 is 0 Å². The molecule has 6 heteroatoms. The lowest BCUT2D eigenvalue weighted by molar-refractivity contribution is -0.121. The van der Waals surface area contributed by atoms with Crippen LogP contribution in [0, 0.1) is 11.3 Å². The summed E-state index contributed by atoms with van der Waals surface area (Å²) in [6.45, 7) is 8.34. The lowest BCUT2D eigenvalue weighted by Gasteiger charge is -2.35. The minimum Gasteiger partial charge on any atom is -0.359 e. The Balaban J connectivity index is 0.00000312. The van der Waals surface area contributed by atoms with Crippen LogP contribution < -0.4 is 10.6 Å². The van der Waals surface area contributed by atoms with Crippen molar-refractivity contribution in [2.75, 3.05) is 33.2 Å². The molecule has 0 aromatic rings. The Hall–Kier alpha value is -0.530. The monoisotopic (exact) mass is 464 g/mol. The van der Waals surface area contributed by atoms with Crippen LogP contribution in [0.25, 0.3) is 0 Å². The standard InChI is InChI=1S/C19H36N4O.HI/c1-4-19(10-6-7-11-19)15-22-18(21-5-2)23-12-8-16(9-13-23)14-17(24)20-3;/h16H,4-15H2,1-3H3,(H,20,24)(H,21,22);1H. The van der Waals surface area contributed by atoms with Gasteiger partial charge in [-0.1, -0.05) is 19.8 Å². The number of rotatable bonds is 6. The van der Waals surface area contributed by atoms with Crippen molar-refractivity contribution in [1.82, 2.24) is 15.5 Å². The Labute approximate surface area is 170 Å². The first-order chi connectivity index (χ1) is 11.6. The molecular weight excluding hydrogens is 427 g/mol. The van der Waals surface area contributed by atoms with Crippen LogP contribution in [-0.2, 0) is 4.79 Å². The highest BCUT2D eigenvalue weighted by Crippen LogP contribution is 2.41. The lowest BCUT2D eigenvalue weighted by atomic mass is 9.83. The Morgan fingerprint density at radius 3 is 2.36 bits per heavy atom. The molecule has 0 spiro atoms. The molecule has 1 heterocycles. The highest BCUT2D eigenvalue weighted by Gasteiger charge is 2.32. The van der Waals surface area contributed by atoms with Gasteiger partial charge in [0.05, 0.1) is 0 Å². The number of aliphatic imine (C=N–C) groups is 1. The molecule has 0 atom stereocenters. The van der Waals surface area contributed by atoms with Crippen LogP contribution in [0.3, 0.4) is 0 Å². The molecule has 0 unspecified atom stereocenters. The van der Waals surface area contributed by atoms with Crippen molar-refractivity contribution in [3.8, 4) is 0 Å². The van der Waals surface area contributed by atoms with Gasteiger partial charge in [0.25, 0.3) is 0 Å². The van der Waals surface area contributed by atoms with Crippen molar-refractivity contribution in [2.24, 2.45) is 16.3 Å². The van der Waals surface area contributed by atoms with Gasteiger partial charge in [-0.2, -0.15) is 0 Å². The van der Waals surface area contributed by atoms with Gasteiger partial charge >= 0.3 is 0 Å². The van der Waals surface area contributed by atoms with Crippen LogP contribution >= 0.6 is 24.0 Å². The fourth-order valence-electron chi connectivity index (χ4n) is 4.13. The highest BCUT2D eigenvalue weighted by molar-refractivity contribution is 14.0. The normalized spacial score (nSPS) is 20.9. The Morgan fingerprint density at radius 1 is 1.20 bits per heavy atom. The van der Waals surface area contributed by atoms with Gasteiger partial charge in [-0.3, -0.25) is 9.79 Å². The first kappa shape index (κ1) is 22.5. The van der Waals surface area contributed by atoms with E-state index in [-0.39, 0.29) is 29.9 Å². The molecule has 146 valence electrons. The Bertz CT molecular complexity index is 427. The highest BCUT2D eigenvalue weighted by atomic mass is 127. The molecule has 0 aromatic carbocycles. The van der Waals surface area contributed by atoms with E-state index in [1.165, 1.54) is 32.1 Å². The summed E-state index contributed by atoms with van der Waals surface area (Å²) in [5.41, 5.74) is 0.443. The maximum absolute atomic E-state index is 11.6. The zero-order chi connectivity index (χ0) is 17.4. The summed E-state index contributed by atoms with van der Waals surface area (Å²) in [7, 11) is 1.72. The molecule has 1 amide bonds. The van der Waals surface area contributed by atoms with E-state index in [4.69, 9.17) is 4.99 Å². The molecule has 2 fully saturated rings.